The zero-order chi connectivity index (χ0) is 12.4. The molecule has 2 aromatic rings. The number of fused-ring (bicyclic) bond motifs is 1. The maximum absolute atomic E-state index is 4.75. The summed E-state index contributed by atoms with van der Waals surface area (Å²) in [6.45, 7) is 2.21. The first kappa shape index (κ1) is 11.5. The van der Waals surface area contributed by atoms with Gasteiger partial charge in [0.05, 0.1) is 5.52 Å². The number of benzene rings is 1. The number of para-hydroxylation sites is 1. The van der Waals surface area contributed by atoms with Crippen LogP contribution in [0.3, 0.4) is 0 Å². The van der Waals surface area contributed by atoms with Crippen LogP contribution in [0.2, 0.25) is 0 Å². The number of nitrogens with zero attached hydrogens (tertiary/aromatic N) is 2. The van der Waals surface area contributed by atoms with Gasteiger partial charge in [-0.15, -0.1) is 0 Å². The topological polar surface area (TPSA) is 28.2 Å². The fourth-order valence-electron chi connectivity index (χ4n) is 2.60. The third-order valence-electron chi connectivity index (χ3n) is 3.76. The van der Waals surface area contributed by atoms with Crippen LogP contribution in [0.15, 0.2) is 36.4 Å². The van der Waals surface area contributed by atoms with Crippen molar-refractivity contribution in [1.29, 1.82) is 0 Å². The molecule has 0 aliphatic carbocycles. The summed E-state index contributed by atoms with van der Waals surface area (Å²) in [7, 11) is 2.15. The second-order valence-corrected chi connectivity index (χ2v) is 4.97. The van der Waals surface area contributed by atoms with Gasteiger partial charge in [0, 0.05) is 25.0 Å². The number of aromatic nitrogens is 1. The Morgan fingerprint density at radius 1 is 1.22 bits per heavy atom. The number of piperidine rings is 1. The first-order valence-electron chi connectivity index (χ1n) is 6.64. The molecule has 3 nitrogen and oxygen atoms in total. The van der Waals surface area contributed by atoms with Gasteiger partial charge in [0.2, 0.25) is 0 Å². The van der Waals surface area contributed by atoms with Gasteiger partial charge in [0.1, 0.15) is 5.82 Å². The molecule has 1 unspecified atom stereocenters. The molecule has 3 heteroatoms. The number of nitrogens with one attached hydrogen (secondary N) is 1. The van der Waals surface area contributed by atoms with Gasteiger partial charge in [-0.25, -0.2) is 4.98 Å². The van der Waals surface area contributed by atoms with Crippen LogP contribution in [-0.4, -0.2) is 31.2 Å². The van der Waals surface area contributed by atoms with Gasteiger partial charge in [0.15, 0.2) is 0 Å². The quantitative estimate of drug-likeness (QED) is 0.875. The number of hydrogen-bond acceptors (Lipinski definition) is 3. The Morgan fingerprint density at radius 2 is 2.11 bits per heavy atom. The minimum Gasteiger partial charge on any atom is -0.355 e. The SMILES string of the molecule is CN(c1ccc2ccccc2n1)C1CCCNC1. The minimum absolute atomic E-state index is 0.562. The van der Waals surface area contributed by atoms with Crippen molar-refractivity contribution in [3.63, 3.8) is 0 Å². The number of rotatable bonds is 2. The van der Waals surface area contributed by atoms with Gasteiger partial charge in [-0.1, -0.05) is 18.2 Å². The molecule has 0 amide bonds. The molecule has 1 aliphatic heterocycles. The summed E-state index contributed by atoms with van der Waals surface area (Å²) in [6, 6.07) is 13.1. The highest BCUT2D eigenvalue weighted by molar-refractivity contribution is 5.80. The average molecular weight is 241 g/mol. The van der Waals surface area contributed by atoms with Crippen LogP contribution in [0.1, 0.15) is 12.8 Å². The van der Waals surface area contributed by atoms with Gasteiger partial charge >= 0.3 is 0 Å². The summed E-state index contributed by atoms with van der Waals surface area (Å²) in [5, 5.41) is 4.66. The molecule has 0 radical (unpaired) electrons. The summed E-state index contributed by atoms with van der Waals surface area (Å²) in [5.74, 6) is 1.07. The molecule has 2 heterocycles. The van der Waals surface area contributed by atoms with Crippen molar-refractivity contribution in [3.05, 3.63) is 36.4 Å². The van der Waals surface area contributed by atoms with E-state index in [1.54, 1.807) is 0 Å². The molecule has 3 rings (SSSR count). The van der Waals surface area contributed by atoms with E-state index in [4.69, 9.17) is 4.98 Å². The van der Waals surface area contributed by atoms with Crippen LogP contribution in [0.5, 0.6) is 0 Å². The van der Waals surface area contributed by atoms with Crippen LogP contribution in [-0.2, 0) is 0 Å². The number of pyridine rings is 1. The molecule has 1 aliphatic rings. The van der Waals surface area contributed by atoms with Crippen molar-refractivity contribution >= 4 is 16.7 Å². The summed E-state index contributed by atoms with van der Waals surface area (Å²) in [5.41, 5.74) is 1.07. The van der Waals surface area contributed by atoms with Gasteiger partial charge in [-0.3, -0.25) is 0 Å². The first-order chi connectivity index (χ1) is 8.84. The van der Waals surface area contributed by atoms with Gasteiger partial charge in [-0.2, -0.15) is 0 Å². The highest BCUT2D eigenvalue weighted by Gasteiger charge is 2.18. The predicted molar refractivity (Wildman–Crippen MR) is 76.0 cm³/mol. The first-order valence-corrected chi connectivity index (χ1v) is 6.64. The third-order valence-corrected chi connectivity index (χ3v) is 3.76. The zero-order valence-electron chi connectivity index (χ0n) is 10.8. The number of likely N-dealkylation sites (N-methyl/N-ethyl adjacent to an activating group) is 1. The van der Waals surface area contributed by atoms with Gasteiger partial charge in [-0.05, 0) is 37.6 Å². The lowest BCUT2D eigenvalue weighted by Crippen LogP contribution is -2.44. The smallest absolute Gasteiger partial charge is 0.129 e. The van der Waals surface area contributed by atoms with Crippen molar-refractivity contribution in [3.8, 4) is 0 Å². The van der Waals surface area contributed by atoms with Crippen molar-refractivity contribution in [2.45, 2.75) is 18.9 Å². The summed E-state index contributed by atoms with van der Waals surface area (Å²) in [4.78, 5) is 7.05. The minimum atomic E-state index is 0.562. The van der Waals surface area contributed by atoms with E-state index in [2.05, 4.69) is 47.6 Å². The predicted octanol–water partition coefficient (Wildman–Crippen LogP) is 2.42. The van der Waals surface area contributed by atoms with Gasteiger partial charge in [0.25, 0.3) is 0 Å². The van der Waals surface area contributed by atoms with Crippen molar-refractivity contribution in [2.75, 3.05) is 25.0 Å². The molecular weight excluding hydrogens is 222 g/mol. The van der Waals surface area contributed by atoms with E-state index in [-0.39, 0.29) is 0 Å². The normalized spacial score (nSPS) is 19.9. The fourth-order valence-corrected chi connectivity index (χ4v) is 2.60. The molecule has 94 valence electrons. The summed E-state index contributed by atoms with van der Waals surface area (Å²) < 4.78 is 0. The Balaban J connectivity index is 1.88. The fraction of sp³-hybridized carbons (Fsp3) is 0.400. The molecule has 1 fully saturated rings. The molecule has 1 aromatic carbocycles. The molecule has 0 bridgehead atoms. The Hall–Kier alpha value is -1.61. The monoisotopic (exact) mass is 241 g/mol. The lowest BCUT2D eigenvalue weighted by Gasteiger charge is -2.32. The molecule has 18 heavy (non-hydrogen) atoms. The number of hydrogen-bond donors (Lipinski definition) is 1. The average Bonchev–Trinajstić information content (AvgIpc) is 2.47. The second kappa shape index (κ2) is 4.94. The Morgan fingerprint density at radius 3 is 2.94 bits per heavy atom. The van der Waals surface area contributed by atoms with Crippen LogP contribution in [0.4, 0.5) is 5.82 Å². The lowest BCUT2D eigenvalue weighted by atomic mass is 10.1. The molecular formula is C15H19N3. The van der Waals surface area contributed by atoms with Gasteiger partial charge < -0.3 is 10.2 Å². The molecule has 1 aromatic heterocycles. The molecule has 1 saturated heterocycles. The van der Waals surface area contributed by atoms with Crippen LogP contribution >= 0.6 is 0 Å². The Bertz CT molecular complexity index is 532. The second-order valence-electron chi connectivity index (χ2n) is 4.97. The zero-order valence-corrected chi connectivity index (χ0v) is 10.8. The Labute approximate surface area is 108 Å². The van der Waals surface area contributed by atoms with Crippen LogP contribution in [0, 0.1) is 0 Å². The van der Waals surface area contributed by atoms with Crippen molar-refractivity contribution in [2.24, 2.45) is 0 Å². The van der Waals surface area contributed by atoms with Crippen molar-refractivity contribution < 1.29 is 0 Å². The van der Waals surface area contributed by atoms with E-state index < -0.39 is 0 Å². The lowest BCUT2D eigenvalue weighted by molar-refractivity contribution is 0.443. The molecule has 1 atom stereocenters. The van der Waals surface area contributed by atoms with Crippen LogP contribution in [0.25, 0.3) is 10.9 Å². The maximum atomic E-state index is 4.75. The molecule has 1 N–H and O–H groups in total. The number of anilines is 1. The van der Waals surface area contributed by atoms with E-state index in [0.29, 0.717) is 6.04 Å². The summed E-state index contributed by atoms with van der Waals surface area (Å²) in [6.07, 6.45) is 2.50. The molecule has 0 spiro atoms. The van der Waals surface area contributed by atoms with E-state index in [9.17, 15) is 0 Å². The van der Waals surface area contributed by atoms with E-state index in [1.807, 2.05) is 6.07 Å². The van der Waals surface area contributed by atoms with Crippen LogP contribution < -0.4 is 10.2 Å². The summed E-state index contributed by atoms with van der Waals surface area (Å²) >= 11 is 0. The largest absolute Gasteiger partial charge is 0.355 e. The van der Waals surface area contributed by atoms with E-state index >= 15 is 0 Å². The van der Waals surface area contributed by atoms with E-state index in [0.717, 1.165) is 24.4 Å². The Kier molecular flexibility index (Phi) is 3.15. The van der Waals surface area contributed by atoms with Crippen molar-refractivity contribution in [1.82, 2.24) is 10.3 Å². The maximum Gasteiger partial charge on any atom is 0.129 e. The highest BCUT2D eigenvalue weighted by Crippen LogP contribution is 2.20. The molecule has 0 saturated carbocycles. The standard InChI is InChI=1S/C15H19N3/c1-18(13-6-4-10-16-11-13)15-9-8-12-5-2-3-7-14(12)17-15/h2-3,5,7-9,13,16H,4,6,10-11H2,1H3. The third kappa shape index (κ3) is 2.18. The van der Waals surface area contributed by atoms with E-state index in [1.165, 1.54) is 18.2 Å². The highest BCUT2D eigenvalue weighted by atomic mass is 15.2.